The fraction of sp³-hybridized carbons (Fsp3) is 0.632. The molecule has 0 bridgehead atoms. The molecule has 1 aromatic carbocycles. The Labute approximate surface area is 150 Å². The minimum atomic E-state index is -0.489. The third-order valence-corrected chi connectivity index (χ3v) is 5.67. The van der Waals surface area contributed by atoms with Gasteiger partial charge in [0, 0.05) is 13.2 Å². The van der Waals surface area contributed by atoms with E-state index < -0.39 is 18.3 Å². The monoisotopic (exact) mass is 346 g/mol. The Bertz CT molecular complexity index is 633. The molecule has 0 radical (unpaired) electrons. The number of carbonyl (C=O) groups is 1. The third kappa shape index (κ3) is 3.48. The number of rotatable bonds is 3. The molecule has 0 spiro atoms. The standard InChI is InChI=1S/C19H27BO5/c1-18(2)19(3,4)25-20(24-18)14-6-7-15(13-8-10-23-11-9-13)16(12-14)17(21)22-5/h6-7,12-13H,8-11H2,1-5H3. The van der Waals surface area contributed by atoms with Crippen LogP contribution in [0, 0.1) is 0 Å². The number of methoxy groups -OCH3 is 1. The van der Waals surface area contributed by atoms with Gasteiger partial charge in [-0.05, 0) is 63.5 Å². The summed E-state index contributed by atoms with van der Waals surface area (Å²) in [5.41, 5.74) is 1.64. The van der Waals surface area contributed by atoms with Crippen molar-refractivity contribution in [1.82, 2.24) is 0 Å². The van der Waals surface area contributed by atoms with Crippen molar-refractivity contribution in [3.8, 4) is 0 Å². The molecular weight excluding hydrogens is 319 g/mol. The van der Waals surface area contributed by atoms with E-state index in [0.717, 1.165) is 37.1 Å². The van der Waals surface area contributed by atoms with Crippen LogP contribution in [0.4, 0.5) is 0 Å². The minimum Gasteiger partial charge on any atom is -0.465 e. The highest BCUT2D eigenvalue weighted by Crippen LogP contribution is 2.37. The normalized spacial score (nSPS) is 22.8. The van der Waals surface area contributed by atoms with Gasteiger partial charge in [-0.15, -0.1) is 0 Å². The van der Waals surface area contributed by atoms with E-state index in [0.29, 0.717) is 11.5 Å². The third-order valence-electron chi connectivity index (χ3n) is 5.67. The summed E-state index contributed by atoms with van der Waals surface area (Å²) in [5.74, 6) is -0.00458. The average molecular weight is 346 g/mol. The quantitative estimate of drug-likeness (QED) is 0.622. The number of benzene rings is 1. The molecule has 0 unspecified atom stereocenters. The van der Waals surface area contributed by atoms with E-state index in [1.807, 2.05) is 45.9 Å². The zero-order valence-electron chi connectivity index (χ0n) is 15.8. The van der Waals surface area contributed by atoms with Crippen molar-refractivity contribution in [2.45, 2.75) is 57.7 Å². The van der Waals surface area contributed by atoms with Crippen molar-refractivity contribution in [2.24, 2.45) is 0 Å². The van der Waals surface area contributed by atoms with Crippen molar-refractivity contribution in [3.05, 3.63) is 29.3 Å². The van der Waals surface area contributed by atoms with Gasteiger partial charge in [-0.2, -0.15) is 0 Å². The highest BCUT2D eigenvalue weighted by atomic mass is 16.7. The predicted octanol–water partition coefficient (Wildman–Crippen LogP) is 2.67. The number of ether oxygens (including phenoxy) is 2. The van der Waals surface area contributed by atoms with E-state index in [4.69, 9.17) is 18.8 Å². The van der Waals surface area contributed by atoms with Gasteiger partial charge in [0.1, 0.15) is 0 Å². The van der Waals surface area contributed by atoms with Crippen LogP contribution in [-0.2, 0) is 18.8 Å². The molecular formula is C19H27BO5. The van der Waals surface area contributed by atoms with E-state index in [9.17, 15) is 4.79 Å². The summed E-state index contributed by atoms with van der Waals surface area (Å²) in [7, 11) is 0.925. The van der Waals surface area contributed by atoms with Crippen molar-refractivity contribution >= 4 is 18.6 Å². The lowest BCUT2D eigenvalue weighted by Gasteiger charge is -2.32. The van der Waals surface area contributed by atoms with E-state index in [2.05, 4.69) is 0 Å². The summed E-state index contributed by atoms with van der Waals surface area (Å²) in [5, 5.41) is 0. The van der Waals surface area contributed by atoms with Gasteiger partial charge in [-0.1, -0.05) is 12.1 Å². The van der Waals surface area contributed by atoms with E-state index in [1.54, 1.807) is 0 Å². The van der Waals surface area contributed by atoms with Gasteiger partial charge in [0.25, 0.3) is 0 Å². The second kappa shape index (κ2) is 6.74. The molecule has 0 atom stereocenters. The van der Waals surface area contributed by atoms with Crippen molar-refractivity contribution in [2.75, 3.05) is 20.3 Å². The molecule has 2 saturated heterocycles. The lowest BCUT2D eigenvalue weighted by atomic mass is 9.76. The van der Waals surface area contributed by atoms with Gasteiger partial charge in [-0.3, -0.25) is 0 Å². The number of hydrogen-bond acceptors (Lipinski definition) is 5. The summed E-state index contributed by atoms with van der Waals surface area (Å²) in [6.07, 6.45) is 1.83. The van der Waals surface area contributed by atoms with Crippen molar-refractivity contribution in [1.29, 1.82) is 0 Å². The molecule has 2 heterocycles. The van der Waals surface area contributed by atoms with Gasteiger partial charge in [0.15, 0.2) is 0 Å². The Kier molecular flexibility index (Phi) is 4.97. The maximum Gasteiger partial charge on any atom is 0.494 e. The summed E-state index contributed by atoms with van der Waals surface area (Å²) in [6.45, 7) is 9.53. The van der Waals surface area contributed by atoms with Gasteiger partial charge >= 0.3 is 13.1 Å². The first-order valence-electron chi connectivity index (χ1n) is 8.91. The SMILES string of the molecule is COC(=O)c1cc(B2OC(C)(C)C(C)(C)O2)ccc1C1CCOCC1. The maximum atomic E-state index is 12.4. The molecule has 136 valence electrons. The zero-order valence-corrected chi connectivity index (χ0v) is 15.8. The topological polar surface area (TPSA) is 54.0 Å². The van der Waals surface area contributed by atoms with Crippen LogP contribution in [0.1, 0.15) is 62.4 Å². The lowest BCUT2D eigenvalue weighted by Crippen LogP contribution is -2.41. The fourth-order valence-electron chi connectivity index (χ4n) is 3.35. The smallest absolute Gasteiger partial charge is 0.465 e. The molecule has 5 nitrogen and oxygen atoms in total. The zero-order chi connectivity index (χ0) is 18.2. The largest absolute Gasteiger partial charge is 0.494 e. The predicted molar refractivity (Wildman–Crippen MR) is 96.3 cm³/mol. The molecule has 0 N–H and O–H groups in total. The van der Waals surface area contributed by atoms with Gasteiger partial charge in [0.2, 0.25) is 0 Å². The van der Waals surface area contributed by atoms with Crippen LogP contribution in [-0.4, -0.2) is 44.6 Å². The molecule has 2 aliphatic heterocycles. The Morgan fingerprint density at radius 3 is 2.28 bits per heavy atom. The second-order valence-electron chi connectivity index (χ2n) is 7.81. The molecule has 0 saturated carbocycles. The molecule has 2 aliphatic rings. The molecule has 6 heteroatoms. The molecule has 1 aromatic rings. The Balaban J connectivity index is 1.93. The van der Waals surface area contributed by atoms with E-state index in [-0.39, 0.29) is 5.97 Å². The molecule has 0 amide bonds. The van der Waals surface area contributed by atoms with Crippen LogP contribution < -0.4 is 5.46 Å². The van der Waals surface area contributed by atoms with Crippen LogP contribution in [0.3, 0.4) is 0 Å². The van der Waals surface area contributed by atoms with Crippen LogP contribution >= 0.6 is 0 Å². The van der Waals surface area contributed by atoms with E-state index >= 15 is 0 Å². The number of hydrogen-bond donors (Lipinski definition) is 0. The fourth-order valence-corrected chi connectivity index (χ4v) is 3.35. The first kappa shape index (κ1) is 18.4. The molecule has 0 aliphatic carbocycles. The minimum absolute atomic E-state index is 0.315. The van der Waals surface area contributed by atoms with Crippen LogP contribution in [0.2, 0.25) is 0 Å². The number of carbonyl (C=O) groups excluding carboxylic acids is 1. The highest BCUT2D eigenvalue weighted by Gasteiger charge is 2.51. The lowest BCUT2D eigenvalue weighted by molar-refractivity contribution is 0.00578. The summed E-state index contributed by atoms with van der Waals surface area (Å²) in [4.78, 5) is 12.4. The summed E-state index contributed by atoms with van der Waals surface area (Å²) >= 11 is 0. The Morgan fingerprint density at radius 2 is 1.72 bits per heavy atom. The number of esters is 1. The van der Waals surface area contributed by atoms with Gasteiger partial charge < -0.3 is 18.8 Å². The Morgan fingerprint density at radius 1 is 1.12 bits per heavy atom. The average Bonchev–Trinajstić information content (AvgIpc) is 2.82. The van der Waals surface area contributed by atoms with Crippen molar-refractivity contribution in [3.63, 3.8) is 0 Å². The molecule has 25 heavy (non-hydrogen) atoms. The summed E-state index contributed by atoms with van der Waals surface area (Å²) < 4.78 is 22.7. The van der Waals surface area contributed by atoms with Crippen LogP contribution in [0.15, 0.2) is 18.2 Å². The van der Waals surface area contributed by atoms with Crippen LogP contribution in [0.25, 0.3) is 0 Å². The first-order valence-corrected chi connectivity index (χ1v) is 8.91. The first-order chi connectivity index (χ1) is 11.7. The molecule has 0 aromatic heterocycles. The molecule has 3 rings (SSSR count). The maximum absolute atomic E-state index is 12.4. The van der Waals surface area contributed by atoms with E-state index in [1.165, 1.54) is 7.11 Å². The second-order valence-corrected chi connectivity index (χ2v) is 7.81. The van der Waals surface area contributed by atoms with Crippen LogP contribution in [0.5, 0.6) is 0 Å². The van der Waals surface area contributed by atoms with Crippen molar-refractivity contribution < 1.29 is 23.6 Å². The highest BCUT2D eigenvalue weighted by molar-refractivity contribution is 6.62. The van der Waals surface area contributed by atoms with Gasteiger partial charge in [-0.25, -0.2) is 4.79 Å². The summed E-state index contributed by atoms with van der Waals surface area (Å²) in [6, 6.07) is 5.88. The Hall–Kier alpha value is -1.37. The molecule has 2 fully saturated rings. The van der Waals surface area contributed by atoms with Gasteiger partial charge in [0.05, 0.1) is 23.9 Å².